The van der Waals surface area contributed by atoms with E-state index in [1.807, 2.05) is 0 Å². The summed E-state index contributed by atoms with van der Waals surface area (Å²) in [5.41, 5.74) is 1.27. The van der Waals surface area contributed by atoms with Crippen LogP contribution in [0.5, 0.6) is 5.75 Å². The number of phenols is 1. The summed E-state index contributed by atoms with van der Waals surface area (Å²) in [5.74, 6) is 0.893. The number of aromatic hydroxyl groups is 1. The van der Waals surface area contributed by atoms with Crippen molar-refractivity contribution in [3.05, 3.63) is 24.1 Å². The van der Waals surface area contributed by atoms with E-state index in [2.05, 4.69) is 4.98 Å². The second kappa shape index (κ2) is 2.68. The number of aromatic nitrogens is 1. The first kappa shape index (κ1) is 7.43. The largest absolute Gasteiger partial charge is 0.508 e. The summed E-state index contributed by atoms with van der Waals surface area (Å²) in [5, 5.41) is 9.10. The topological polar surface area (TPSA) is 46.3 Å². The fraction of sp³-hybridized carbons (Fsp3) is 0.125. The molecule has 0 amide bonds. The highest BCUT2D eigenvalue weighted by Crippen LogP contribution is 2.20. The third-order valence-corrected chi connectivity index (χ3v) is 1.76. The van der Waals surface area contributed by atoms with Crippen LogP contribution in [0.25, 0.3) is 11.1 Å². The van der Waals surface area contributed by atoms with E-state index in [1.54, 1.807) is 12.1 Å². The van der Waals surface area contributed by atoms with Gasteiger partial charge in [0.05, 0.1) is 5.88 Å². The fourth-order valence-electron chi connectivity index (χ4n) is 1.02. The molecular formula is C8H6ClNO2. The minimum atomic E-state index is 0.178. The minimum Gasteiger partial charge on any atom is -0.508 e. The molecule has 1 N–H and O–H groups in total. The van der Waals surface area contributed by atoms with Gasteiger partial charge in [0.15, 0.2) is 5.58 Å². The first-order valence-corrected chi connectivity index (χ1v) is 3.97. The van der Waals surface area contributed by atoms with Crippen molar-refractivity contribution in [2.75, 3.05) is 0 Å². The highest BCUT2D eigenvalue weighted by atomic mass is 35.5. The quantitative estimate of drug-likeness (QED) is 0.690. The van der Waals surface area contributed by atoms with Gasteiger partial charge in [-0.15, -0.1) is 11.6 Å². The van der Waals surface area contributed by atoms with Crippen LogP contribution >= 0.6 is 11.6 Å². The average molecular weight is 184 g/mol. The maximum atomic E-state index is 9.10. The summed E-state index contributed by atoms with van der Waals surface area (Å²) in [4.78, 5) is 4.03. The molecule has 62 valence electrons. The van der Waals surface area contributed by atoms with Crippen molar-refractivity contribution in [2.24, 2.45) is 0 Å². The molecular weight excluding hydrogens is 178 g/mol. The average Bonchev–Trinajstić information content (AvgIpc) is 2.46. The van der Waals surface area contributed by atoms with Crippen LogP contribution in [0.15, 0.2) is 22.6 Å². The molecule has 12 heavy (non-hydrogen) atoms. The molecule has 0 atom stereocenters. The van der Waals surface area contributed by atoms with Crippen molar-refractivity contribution in [3.63, 3.8) is 0 Å². The maximum absolute atomic E-state index is 9.10. The van der Waals surface area contributed by atoms with Gasteiger partial charge in [0.1, 0.15) is 11.3 Å². The monoisotopic (exact) mass is 183 g/mol. The number of alkyl halides is 1. The van der Waals surface area contributed by atoms with E-state index in [1.165, 1.54) is 6.07 Å². The number of halogens is 1. The number of nitrogens with zero attached hydrogens (tertiary/aromatic N) is 1. The molecule has 0 unspecified atom stereocenters. The smallest absolute Gasteiger partial charge is 0.210 e. The molecule has 0 saturated carbocycles. The SMILES string of the molecule is Oc1ccc2oc(CCl)nc2c1. The third kappa shape index (κ3) is 1.12. The van der Waals surface area contributed by atoms with E-state index in [9.17, 15) is 0 Å². The summed E-state index contributed by atoms with van der Waals surface area (Å²) >= 11 is 5.52. The van der Waals surface area contributed by atoms with Gasteiger partial charge in [-0.3, -0.25) is 0 Å². The molecule has 0 fully saturated rings. The molecule has 1 aromatic heterocycles. The Balaban J connectivity index is 2.67. The Labute approximate surface area is 73.6 Å². The van der Waals surface area contributed by atoms with Crippen LogP contribution < -0.4 is 0 Å². The Morgan fingerprint density at radius 2 is 2.33 bits per heavy atom. The number of benzene rings is 1. The molecule has 2 rings (SSSR count). The van der Waals surface area contributed by atoms with Gasteiger partial charge in [-0.05, 0) is 12.1 Å². The first-order chi connectivity index (χ1) is 5.79. The van der Waals surface area contributed by atoms with E-state index in [0.29, 0.717) is 17.0 Å². The molecule has 0 aliphatic rings. The van der Waals surface area contributed by atoms with Gasteiger partial charge in [-0.25, -0.2) is 4.98 Å². The lowest BCUT2D eigenvalue weighted by molar-refractivity contribution is 0.475. The van der Waals surface area contributed by atoms with Gasteiger partial charge in [-0.1, -0.05) is 0 Å². The highest BCUT2D eigenvalue weighted by Gasteiger charge is 2.03. The zero-order chi connectivity index (χ0) is 8.55. The number of phenolic OH excluding ortho intramolecular Hbond substituents is 1. The van der Waals surface area contributed by atoms with Gasteiger partial charge < -0.3 is 9.52 Å². The number of rotatable bonds is 1. The maximum Gasteiger partial charge on any atom is 0.210 e. The first-order valence-electron chi connectivity index (χ1n) is 3.44. The lowest BCUT2D eigenvalue weighted by Crippen LogP contribution is -1.72. The van der Waals surface area contributed by atoms with Crippen molar-refractivity contribution in [3.8, 4) is 5.75 Å². The zero-order valence-electron chi connectivity index (χ0n) is 6.12. The highest BCUT2D eigenvalue weighted by molar-refractivity contribution is 6.16. The van der Waals surface area contributed by atoms with Gasteiger partial charge in [0, 0.05) is 6.07 Å². The van der Waals surface area contributed by atoms with E-state index >= 15 is 0 Å². The molecule has 1 heterocycles. The normalized spacial score (nSPS) is 10.8. The van der Waals surface area contributed by atoms with E-state index in [0.717, 1.165) is 0 Å². The van der Waals surface area contributed by atoms with Crippen molar-refractivity contribution in [2.45, 2.75) is 5.88 Å². The molecule has 0 radical (unpaired) electrons. The lowest BCUT2D eigenvalue weighted by Gasteiger charge is -1.87. The summed E-state index contributed by atoms with van der Waals surface area (Å²) in [6.45, 7) is 0. The van der Waals surface area contributed by atoms with Gasteiger partial charge in [-0.2, -0.15) is 0 Å². The summed E-state index contributed by atoms with van der Waals surface area (Å²) in [6, 6.07) is 4.74. The fourth-order valence-corrected chi connectivity index (χ4v) is 1.14. The van der Waals surface area contributed by atoms with Crippen LogP contribution in [-0.4, -0.2) is 10.1 Å². The predicted molar refractivity (Wildman–Crippen MR) is 45.2 cm³/mol. The zero-order valence-corrected chi connectivity index (χ0v) is 6.88. The third-order valence-electron chi connectivity index (χ3n) is 1.53. The molecule has 4 heteroatoms. The van der Waals surface area contributed by atoms with Gasteiger partial charge >= 0.3 is 0 Å². The molecule has 0 bridgehead atoms. The Bertz CT molecular complexity index is 410. The second-order valence-electron chi connectivity index (χ2n) is 2.39. The summed E-state index contributed by atoms with van der Waals surface area (Å²) in [6.07, 6.45) is 0. The van der Waals surface area contributed by atoms with Crippen LogP contribution in [0.2, 0.25) is 0 Å². The van der Waals surface area contributed by atoms with Crippen LogP contribution in [0.4, 0.5) is 0 Å². The number of oxazole rings is 1. The van der Waals surface area contributed by atoms with E-state index in [-0.39, 0.29) is 11.6 Å². The van der Waals surface area contributed by atoms with Gasteiger partial charge in [0.25, 0.3) is 0 Å². The predicted octanol–water partition coefficient (Wildman–Crippen LogP) is 2.27. The number of hydrogen-bond donors (Lipinski definition) is 1. The van der Waals surface area contributed by atoms with Crippen molar-refractivity contribution in [1.29, 1.82) is 0 Å². The van der Waals surface area contributed by atoms with Crippen LogP contribution in [0.3, 0.4) is 0 Å². The van der Waals surface area contributed by atoms with E-state index in [4.69, 9.17) is 21.1 Å². The molecule has 3 nitrogen and oxygen atoms in total. The van der Waals surface area contributed by atoms with Crippen molar-refractivity contribution >= 4 is 22.7 Å². The Hall–Kier alpha value is -1.22. The van der Waals surface area contributed by atoms with Crippen LogP contribution in [0, 0.1) is 0 Å². The Morgan fingerprint density at radius 1 is 1.50 bits per heavy atom. The molecule has 0 saturated heterocycles. The van der Waals surface area contributed by atoms with Gasteiger partial charge in [0.2, 0.25) is 5.89 Å². The molecule has 0 aliphatic carbocycles. The molecule has 1 aromatic carbocycles. The van der Waals surface area contributed by atoms with Crippen LogP contribution in [-0.2, 0) is 5.88 Å². The Morgan fingerprint density at radius 3 is 3.08 bits per heavy atom. The second-order valence-corrected chi connectivity index (χ2v) is 2.66. The summed E-state index contributed by atoms with van der Waals surface area (Å²) < 4.78 is 5.22. The number of fused-ring (bicyclic) bond motifs is 1. The molecule has 2 aromatic rings. The lowest BCUT2D eigenvalue weighted by atomic mass is 10.3. The molecule has 0 aliphatic heterocycles. The summed E-state index contributed by atoms with van der Waals surface area (Å²) in [7, 11) is 0. The number of hydrogen-bond acceptors (Lipinski definition) is 3. The van der Waals surface area contributed by atoms with E-state index < -0.39 is 0 Å². The Kier molecular flexibility index (Phi) is 1.66. The van der Waals surface area contributed by atoms with Crippen molar-refractivity contribution < 1.29 is 9.52 Å². The minimum absolute atomic E-state index is 0.178. The molecule has 0 spiro atoms. The standard InChI is InChI=1S/C8H6ClNO2/c9-4-8-10-6-3-5(11)1-2-7(6)12-8/h1-3,11H,4H2. The van der Waals surface area contributed by atoms with Crippen LogP contribution in [0.1, 0.15) is 5.89 Å². The van der Waals surface area contributed by atoms with Crippen molar-refractivity contribution in [1.82, 2.24) is 4.98 Å².